The zero-order valence-electron chi connectivity index (χ0n) is 16.4. The monoisotopic (exact) mass is 414 g/mol. The fraction of sp³-hybridized carbons (Fsp3) is 0.381. The smallest absolute Gasteiger partial charge is 0.324 e. The number of anilines is 2. The van der Waals surface area contributed by atoms with Gasteiger partial charge in [0.25, 0.3) is 5.91 Å². The van der Waals surface area contributed by atoms with Crippen molar-refractivity contribution >= 4 is 39.9 Å². The van der Waals surface area contributed by atoms with E-state index in [2.05, 4.69) is 16.0 Å². The van der Waals surface area contributed by atoms with Crippen molar-refractivity contribution in [1.82, 2.24) is 10.2 Å². The summed E-state index contributed by atoms with van der Waals surface area (Å²) in [6, 6.07) is 12.3. The lowest BCUT2D eigenvalue weighted by molar-refractivity contribution is -0.126. The number of rotatable bonds is 6. The molecule has 0 radical (unpaired) electrons. The Morgan fingerprint density at radius 3 is 2.45 bits per heavy atom. The Bertz CT molecular complexity index is 845. The van der Waals surface area contributed by atoms with E-state index in [4.69, 9.17) is 0 Å². The van der Waals surface area contributed by atoms with E-state index in [1.54, 1.807) is 29.2 Å². The quantitative estimate of drug-likeness (QED) is 0.672. The van der Waals surface area contributed by atoms with Crippen molar-refractivity contribution in [2.75, 3.05) is 30.3 Å². The summed E-state index contributed by atoms with van der Waals surface area (Å²) in [6.45, 7) is 3.86. The number of nitrogens with one attached hydrogen (secondary N) is 3. The molecule has 0 bridgehead atoms. The van der Waals surface area contributed by atoms with E-state index >= 15 is 0 Å². The first kappa shape index (κ1) is 20.9. The van der Waals surface area contributed by atoms with Gasteiger partial charge in [-0.2, -0.15) is 0 Å². The van der Waals surface area contributed by atoms with Crippen LogP contribution in [0, 0.1) is 5.92 Å². The van der Waals surface area contributed by atoms with Gasteiger partial charge in [0, 0.05) is 31.2 Å². The first-order valence-electron chi connectivity index (χ1n) is 9.86. The van der Waals surface area contributed by atoms with Gasteiger partial charge in [0.1, 0.15) is 0 Å². The number of carbonyl (C=O) groups excluding carboxylic acids is 3. The standard InChI is InChI=1S/C21H26N4O3S/c1-2-12-22-19(26)15-10-13-25(14-11-15)20(27)17-8-9-18(29-17)24-21(28)23-16-6-4-3-5-7-16/h3-9,15H,2,10-14H2,1H3,(H,22,26)(H2,23,24,28). The molecule has 3 rings (SSSR count). The predicted molar refractivity (Wildman–Crippen MR) is 115 cm³/mol. The second-order valence-corrected chi connectivity index (χ2v) is 8.05. The van der Waals surface area contributed by atoms with Gasteiger partial charge < -0.3 is 15.5 Å². The number of hydrogen-bond donors (Lipinski definition) is 3. The van der Waals surface area contributed by atoms with Crippen molar-refractivity contribution in [2.45, 2.75) is 26.2 Å². The molecule has 1 saturated heterocycles. The number of amides is 4. The fourth-order valence-corrected chi connectivity index (χ4v) is 4.08. The molecule has 2 aromatic rings. The number of benzene rings is 1. The number of nitrogens with zero attached hydrogens (tertiary/aromatic N) is 1. The van der Waals surface area contributed by atoms with Crippen molar-refractivity contribution in [2.24, 2.45) is 5.92 Å². The number of urea groups is 1. The maximum Gasteiger partial charge on any atom is 0.324 e. The van der Waals surface area contributed by atoms with E-state index in [0.29, 0.717) is 48.0 Å². The summed E-state index contributed by atoms with van der Waals surface area (Å²) >= 11 is 1.25. The van der Waals surface area contributed by atoms with E-state index in [9.17, 15) is 14.4 Å². The number of hydrogen-bond acceptors (Lipinski definition) is 4. The SMILES string of the molecule is CCCNC(=O)C1CCN(C(=O)c2ccc(NC(=O)Nc3ccccc3)s2)CC1. The largest absolute Gasteiger partial charge is 0.356 e. The van der Waals surface area contributed by atoms with Crippen LogP contribution >= 0.6 is 11.3 Å². The van der Waals surface area contributed by atoms with Crippen molar-refractivity contribution in [3.8, 4) is 0 Å². The highest BCUT2D eigenvalue weighted by Crippen LogP contribution is 2.26. The fourth-order valence-electron chi connectivity index (χ4n) is 3.21. The Hall–Kier alpha value is -2.87. The summed E-state index contributed by atoms with van der Waals surface area (Å²) in [5.41, 5.74) is 0.698. The average Bonchev–Trinajstić information content (AvgIpc) is 3.20. The lowest BCUT2D eigenvalue weighted by Gasteiger charge is -2.31. The molecule has 0 saturated carbocycles. The summed E-state index contributed by atoms with van der Waals surface area (Å²) in [5, 5.41) is 9.04. The van der Waals surface area contributed by atoms with Crippen LogP contribution in [0.2, 0.25) is 0 Å². The average molecular weight is 415 g/mol. The molecule has 0 aliphatic carbocycles. The van der Waals surface area contributed by atoms with Crippen LogP contribution in [0.3, 0.4) is 0 Å². The minimum Gasteiger partial charge on any atom is -0.356 e. The number of para-hydroxylation sites is 1. The third kappa shape index (κ3) is 5.80. The molecule has 1 aliphatic rings. The molecular weight excluding hydrogens is 388 g/mol. The second-order valence-electron chi connectivity index (χ2n) is 6.97. The van der Waals surface area contributed by atoms with Gasteiger partial charge in [-0.05, 0) is 43.5 Å². The molecule has 1 fully saturated rings. The Morgan fingerprint density at radius 1 is 1.03 bits per heavy atom. The molecule has 0 unspecified atom stereocenters. The van der Waals surface area contributed by atoms with Gasteiger partial charge in [-0.3, -0.25) is 14.9 Å². The molecule has 154 valence electrons. The molecule has 7 nitrogen and oxygen atoms in total. The highest BCUT2D eigenvalue weighted by Gasteiger charge is 2.28. The normalized spacial score (nSPS) is 14.3. The first-order valence-corrected chi connectivity index (χ1v) is 10.7. The third-order valence-electron chi connectivity index (χ3n) is 4.79. The maximum atomic E-state index is 12.7. The topological polar surface area (TPSA) is 90.5 Å². The summed E-state index contributed by atoms with van der Waals surface area (Å²) in [5.74, 6) is 0.0118. The summed E-state index contributed by atoms with van der Waals surface area (Å²) in [6.07, 6.45) is 2.27. The summed E-state index contributed by atoms with van der Waals surface area (Å²) in [4.78, 5) is 39.3. The first-order chi connectivity index (χ1) is 14.1. The molecule has 1 aliphatic heterocycles. The van der Waals surface area contributed by atoms with Gasteiger partial charge in [0.2, 0.25) is 5.91 Å². The molecule has 1 aromatic heterocycles. The molecular formula is C21H26N4O3S. The lowest BCUT2D eigenvalue weighted by atomic mass is 9.96. The van der Waals surface area contributed by atoms with Gasteiger partial charge in [-0.25, -0.2) is 4.79 Å². The van der Waals surface area contributed by atoms with Crippen molar-refractivity contribution < 1.29 is 14.4 Å². The molecule has 3 N–H and O–H groups in total. The lowest BCUT2D eigenvalue weighted by Crippen LogP contribution is -2.43. The molecule has 2 heterocycles. The summed E-state index contributed by atoms with van der Waals surface area (Å²) in [7, 11) is 0. The Balaban J connectivity index is 1.49. The summed E-state index contributed by atoms with van der Waals surface area (Å²) < 4.78 is 0. The van der Waals surface area contributed by atoms with Gasteiger partial charge >= 0.3 is 6.03 Å². The van der Waals surface area contributed by atoms with E-state index in [0.717, 1.165) is 6.42 Å². The highest BCUT2D eigenvalue weighted by atomic mass is 32.1. The van der Waals surface area contributed by atoms with Crippen LogP contribution in [0.25, 0.3) is 0 Å². The second kappa shape index (κ2) is 10.1. The van der Waals surface area contributed by atoms with E-state index < -0.39 is 0 Å². The van der Waals surface area contributed by atoms with Gasteiger partial charge in [0.05, 0.1) is 9.88 Å². The third-order valence-corrected chi connectivity index (χ3v) is 5.78. The number of likely N-dealkylation sites (tertiary alicyclic amines) is 1. The number of thiophene rings is 1. The van der Waals surface area contributed by atoms with Crippen LogP contribution in [0.5, 0.6) is 0 Å². The van der Waals surface area contributed by atoms with Gasteiger partial charge in [0.15, 0.2) is 0 Å². The highest BCUT2D eigenvalue weighted by molar-refractivity contribution is 7.18. The molecule has 8 heteroatoms. The Labute approximate surface area is 174 Å². The van der Waals surface area contributed by atoms with E-state index in [-0.39, 0.29) is 23.8 Å². The van der Waals surface area contributed by atoms with Crippen LogP contribution < -0.4 is 16.0 Å². The van der Waals surface area contributed by atoms with Crippen molar-refractivity contribution in [1.29, 1.82) is 0 Å². The van der Waals surface area contributed by atoms with Gasteiger partial charge in [-0.1, -0.05) is 25.1 Å². The number of piperidine rings is 1. The van der Waals surface area contributed by atoms with E-state index in [1.165, 1.54) is 11.3 Å². The minimum atomic E-state index is -0.351. The molecule has 29 heavy (non-hydrogen) atoms. The van der Waals surface area contributed by atoms with Gasteiger partial charge in [-0.15, -0.1) is 11.3 Å². The predicted octanol–water partition coefficient (Wildman–Crippen LogP) is 3.77. The van der Waals surface area contributed by atoms with Crippen molar-refractivity contribution in [3.05, 3.63) is 47.3 Å². The van der Waals surface area contributed by atoms with Crippen LogP contribution in [0.4, 0.5) is 15.5 Å². The van der Waals surface area contributed by atoms with E-state index in [1.807, 2.05) is 25.1 Å². The Kier molecular flexibility index (Phi) is 7.24. The zero-order chi connectivity index (χ0) is 20.6. The molecule has 1 aromatic carbocycles. The van der Waals surface area contributed by atoms with Crippen LogP contribution in [-0.4, -0.2) is 42.4 Å². The van der Waals surface area contributed by atoms with Crippen LogP contribution in [-0.2, 0) is 4.79 Å². The van der Waals surface area contributed by atoms with Crippen LogP contribution in [0.15, 0.2) is 42.5 Å². The van der Waals surface area contributed by atoms with Crippen LogP contribution in [0.1, 0.15) is 35.9 Å². The molecule has 0 spiro atoms. The Morgan fingerprint density at radius 2 is 1.76 bits per heavy atom. The van der Waals surface area contributed by atoms with Crippen molar-refractivity contribution in [3.63, 3.8) is 0 Å². The minimum absolute atomic E-state index is 0.0205. The maximum absolute atomic E-state index is 12.7. The number of carbonyl (C=O) groups is 3. The zero-order valence-corrected chi connectivity index (χ0v) is 17.3. The molecule has 0 atom stereocenters. The molecule has 4 amide bonds.